The highest BCUT2D eigenvalue weighted by atomic mass is 32.2. The minimum absolute atomic E-state index is 0.173. The number of nitriles is 1. The third-order valence-corrected chi connectivity index (χ3v) is 7.62. The van der Waals surface area contributed by atoms with E-state index < -0.39 is 60.3 Å². The summed E-state index contributed by atoms with van der Waals surface area (Å²) in [5, 5.41) is 11.6. The molecule has 10 nitrogen and oxygen atoms in total. The molecule has 1 saturated heterocycles. The van der Waals surface area contributed by atoms with E-state index in [2.05, 4.69) is 0 Å². The molecule has 4 aromatic rings. The molecule has 1 heterocycles. The van der Waals surface area contributed by atoms with E-state index in [0.717, 1.165) is 0 Å². The molecule has 1 aliphatic heterocycles. The molecule has 11 heteroatoms. The van der Waals surface area contributed by atoms with E-state index in [9.17, 15) is 24.4 Å². The molecule has 0 radical (unpaired) electrons. The summed E-state index contributed by atoms with van der Waals surface area (Å²) in [5.41, 5.74) is -0.430. The van der Waals surface area contributed by atoms with Crippen molar-refractivity contribution >= 4 is 35.6 Å². The van der Waals surface area contributed by atoms with Crippen molar-refractivity contribution in [1.29, 1.82) is 5.26 Å². The normalized spacial score (nSPS) is 20.4. The number of ether oxygens (including phenoxy) is 5. The second-order valence-corrected chi connectivity index (χ2v) is 10.8. The molecule has 4 aromatic carbocycles. The molecule has 0 N–H and O–H groups in total. The van der Waals surface area contributed by atoms with Crippen molar-refractivity contribution in [3.8, 4) is 5.40 Å². The summed E-state index contributed by atoms with van der Waals surface area (Å²) >= 11 is 0.610. The van der Waals surface area contributed by atoms with Crippen molar-refractivity contribution in [2.24, 2.45) is 0 Å². The van der Waals surface area contributed by atoms with E-state index in [-0.39, 0.29) is 22.3 Å². The Balaban J connectivity index is 1.52. The Bertz CT molecular complexity index is 1680. The van der Waals surface area contributed by atoms with Gasteiger partial charge in [-0.1, -0.05) is 72.8 Å². The van der Waals surface area contributed by atoms with Crippen LogP contribution in [-0.4, -0.2) is 60.3 Å². The third kappa shape index (κ3) is 7.98. The fraction of sp³-hybridized carbons (Fsp3) is 0.171. The van der Waals surface area contributed by atoms with Crippen molar-refractivity contribution in [3.63, 3.8) is 0 Å². The maximum absolute atomic E-state index is 13.4. The number of esters is 4. The van der Waals surface area contributed by atoms with Crippen LogP contribution >= 0.6 is 11.8 Å². The predicted molar refractivity (Wildman–Crippen MR) is 166 cm³/mol. The number of thioether (sulfide) groups is 1. The molecule has 232 valence electrons. The highest BCUT2D eigenvalue weighted by Gasteiger charge is 2.53. The first-order chi connectivity index (χ1) is 22.4. The SMILES string of the molecule is N#CS[C@H]1O[C@H](COC(=O)c2ccccc2)[C@@H](OC(=O)c2ccccc2)[C@H](OC(=O)c2ccccc2)[C@@H]1OC(=O)c1ccccc1. The topological polar surface area (TPSA) is 138 Å². The molecule has 46 heavy (non-hydrogen) atoms. The zero-order valence-corrected chi connectivity index (χ0v) is 25.0. The summed E-state index contributed by atoms with van der Waals surface area (Å²) < 4.78 is 29.4. The summed E-state index contributed by atoms with van der Waals surface area (Å²) in [6.07, 6.45) is -5.62. The van der Waals surface area contributed by atoms with Crippen molar-refractivity contribution in [2.75, 3.05) is 6.61 Å². The number of carbonyl (C=O) groups excluding carboxylic acids is 4. The lowest BCUT2D eigenvalue weighted by Gasteiger charge is -2.43. The van der Waals surface area contributed by atoms with Crippen LogP contribution in [0, 0.1) is 10.7 Å². The van der Waals surface area contributed by atoms with Crippen LogP contribution in [0.4, 0.5) is 0 Å². The van der Waals surface area contributed by atoms with Gasteiger partial charge >= 0.3 is 23.9 Å². The highest BCUT2D eigenvalue weighted by Crippen LogP contribution is 2.35. The minimum Gasteiger partial charge on any atom is -0.459 e. The Labute approximate surface area is 268 Å². The van der Waals surface area contributed by atoms with Crippen LogP contribution in [0.3, 0.4) is 0 Å². The zero-order valence-electron chi connectivity index (χ0n) is 24.2. The first-order valence-electron chi connectivity index (χ1n) is 14.1. The second-order valence-electron chi connectivity index (χ2n) is 9.92. The lowest BCUT2D eigenvalue weighted by atomic mass is 9.98. The summed E-state index contributed by atoms with van der Waals surface area (Å²) in [4.78, 5) is 53.0. The lowest BCUT2D eigenvalue weighted by Crippen LogP contribution is -2.61. The molecule has 0 saturated carbocycles. The molecule has 0 aliphatic carbocycles. The van der Waals surface area contributed by atoms with Gasteiger partial charge in [-0.2, -0.15) is 5.26 Å². The molecule has 0 amide bonds. The molecule has 1 fully saturated rings. The Hall–Kier alpha value is -5.44. The number of thiocyanates is 1. The van der Waals surface area contributed by atoms with Crippen LogP contribution < -0.4 is 0 Å². The third-order valence-electron chi connectivity index (χ3n) is 6.91. The fourth-order valence-electron chi connectivity index (χ4n) is 4.67. The highest BCUT2D eigenvalue weighted by molar-refractivity contribution is 8.04. The largest absolute Gasteiger partial charge is 0.459 e. The van der Waals surface area contributed by atoms with Gasteiger partial charge in [0.25, 0.3) is 0 Å². The van der Waals surface area contributed by atoms with E-state index in [1.807, 2.05) is 5.40 Å². The molecule has 0 spiro atoms. The van der Waals surface area contributed by atoms with E-state index in [0.29, 0.717) is 11.8 Å². The number of benzene rings is 4. The van der Waals surface area contributed by atoms with Crippen molar-refractivity contribution < 1.29 is 42.9 Å². The predicted octanol–water partition coefficient (Wildman–Crippen LogP) is 5.46. The summed E-state index contributed by atoms with van der Waals surface area (Å²) in [6.45, 7) is -0.457. The van der Waals surface area contributed by atoms with Crippen LogP contribution in [0.5, 0.6) is 0 Å². The summed E-state index contributed by atoms with van der Waals surface area (Å²) in [7, 11) is 0. The molecule has 0 aromatic heterocycles. The Morgan fingerprint density at radius 2 is 0.935 bits per heavy atom. The average molecular weight is 638 g/mol. The molecule has 0 unspecified atom stereocenters. The van der Waals surface area contributed by atoms with Crippen LogP contribution in [-0.2, 0) is 23.7 Å². The standard InChI is InChI=1S/C35H27NO9S/c36-22-46-35-30(45-34(40)26-19-11-4-12-20-26)29(44-33(39)25-17-9-3-10-18-25)28(43-32(38)24-15-7-2-8-16-24)27(42-35)21-41-31(37)23-13-5-1-6-14-23/h1-20,27-30,35H,21H2/t27-,28-,29+,30+,35-/m1/s1. The van der Waals surface area contributed by atoms with Crippen LogP contribution in [0.25, 0.3) is 0 Å². The van der Waals surface area contributed by atoms with Gasteiger partial charge in [0.2, 0.25) is 0 Å². The fourth-order valence-corrected chi connectivity index (χ4v) is 5.32. The van der Waals surface area contributed by atoms with Gasteiger partial charge in [-0.15, -0.1) is 0 Å². The lowest BCUT2D eigenvalue weighted by molar-refractivity contribution is -0.207. The van der Waals surface area contributed by atoms with Gasteiger partial charge in [0.05, 0.1) is 22.3 Å². The minimum atomic E-state index is -1.49. The first kappa shape index (κ1) is 32.0. The average Bonchev–Trinajstić information content (AvgIpc) is 3.11. The monoisotopic (exact) mass is 637 g/mol. The second kappa shape index (κ2) is 15.5. The van der Waals surface area contributed by atoms with Crippen LogP contribution in [0.2, 0.25) is 0 Å². The van der Waals surface area contributed by atoms with E-state index in [1.54, 1.807) is 84.9 Å². The smallest absolute Gasteiger partial charge is 0.338 e. The van der Waals surface area contributed by atoms with Gasteiger partial charge in [-0.3, -0.25) is 0 Å². The summed E-state index contributed by atoms with van der Waals surface area (Å²) in [5.74, 6) is -3.08. The number of hydrogen-bond acceptors (Lipinski definition) is 11. The molecule has 5 atom stereocenters. The number of nitrogens with zero attached hydrogens (tertiary/aromatic N) is 1. The zero-order chi connectivity index (χ0) is 32.3. The van der Waals surface area contributed by atoms with Gasteiger partial charge in [-0.05, 0) is 60.3 Å². The van der Waals surface area contributed by atoms with E-state index in [4.69, 9.17) is 23.7 Å². The van der Waals surface area contributed by atoms with Crippen molar-refractivity contribution in [1.82, 2.24) is 0 Å². The summed E-state index contributed by atoms with van der Waals surface area (Å²) in [6, 6.07) is 32.4. The maximum atomic E-state index is 13.4. The van der Waals surface area contributed by atoms with Crippen molar-refractivity contribution in [2.45, 2.75) is 29.9 Å². The molecular formula is C35H27NO9S. The van der Waals surface area contributed by atoms with Gasteiger partial charge in [0.15, 0.2) is 23.7 Å². The number of rotatable bonds is 10. The van der Waals surface area contributed by atoms with Crippen LogP contribution in [0.1, 0.15) is 41.4 Å². The maximum Gasteiger partial charge on any atom is 0.338 e. The Morgan fingerprint density at radius 3 is 1.35 bits per heavy atom. The van der Waals surface area contributed by atoms with Gasteiger partial charge < -0.3 is 23.7 Å². The first-order valence-corrected chi connectivity index (χ1v) is 15.0. The van der Waals surface area contributed by atoms with Crippen LogP contribution in [0.15, 0.2) is 121 Å². The van der Waals surface area contributed by atoms with Crippen molar-refractivity contribution in [3.05, 3.63) is 144 Å². The van der Waals surface area contributed by atoms with E-state index in [1.165, 1.54) is 36.4 Å². The molecule has 5 rings (SSSR count). The Morgan fingerprint density at radius 1 is 0.565 bits per heavy atom. The molecular weight excluding hydrogens is 610 g/mol. The van der Waals surface area contributed by atoms with Gasteiger partial charge in [0.1, 0.15) is 18.1 Å². The Kier molecular flexibility index (Phi) is 10.8. The van der Waals surface area contributed by atoms with E-state index >= 15 is 0 Å². The van der Waals surface area contributed by atoms with Gasteiger partial charge in [-0.25, -0.2) is 19.2 Å². The van der Waals surface area contributed by atoms with Gasteiger partial charge in [0, 0.05) is 0 Å². The number of carbonyl (C=O) groups is 4. The number of hydrogen-bond donors (Lipinski definition) is 0. The quantitative estimate of drug-likeness (QED) is 0.124. The molecule has 0 bridgehead atoms. The molecule has 1 aliphatic rings.